The number of hydrogen-bond acceptors (Lipinski definition) is 7. The molecule has 4 aromatic carbocycles. The summed E-state index contributed by atoms with van der Waals surface area (Å²) in [5.74, 6) is 0.983. The fraction of sp³-hybridized carbons (Fsp3) is 0.390. The Kier molecular flexibility index (Phi) is 13.2. The smallest absolute Gasteiger partial charge is 0.508 e. The van der Waals surface area contributed by atoms with Crippen molar-refractivity contribution in [2.75, 3.05) is 0 Å². The maximum atomic E-state index is 13.4. The van der Waals surface area contributed by atoms with Gasteiger partial charge in [-0.05, 0) is 160 Å². The van der Waals surface area contributed by atoms with Crippen molar-refractivity contribution in [3.8, 4) is 23.0 Å². The minimum Gasteiger partial charge on any atom is -0.508 e. The van der Waals surface area contributed by atoms with Gasteiger partial charge in [-0.2, -0.15) is 0 Å². The highest BCUT2D eigenvalue weighted by atomic mass is 16.7. The molecule has 0 spiro atoms. The van der Waals surface area contributed by atoms with Crippen LogP contribution in [0.25, 0.3) is 0 Å². The van der Waals surface area contributed by atoms with E-state index in [-0.39, 0.29) is 11.5 Å². The number of rotatable bonds is 16. The van der Waals surface area contributed by atoms with E-state index in [2.05, 4.69) is 0 Å². The average Bonchev–Trinajstić information content (AvgIpc) is 3.05. The molecule has 7 nitrogen and oxygen atoms in total. The van der Waals surface area contributed by atoms with Crippen LogP contribution >= 0.6 is 0 Å². The molecular formula is C41H50O7. The molecule has 4 rings (SSSR count). The molecule has 0 aliphatic carbocycles. The molecule has 0 saturated heterocycles. The number of carbonyl (C=O) groups is 1. The SMILES string of the molecule is Cc1cc(CCCCCC(OC(=O)OC(CCCCCc2ccc(O)c(C)c2)c2ccc(O)c(C)c2)c2ccc(O)c(C)c2)ccc1O. The van der Waals surface area contributed by atoms with E-state index in [1.165, 1.54) is 11.1 Å². The van der Waals surface area contributed by atoms with Crippen LogP contribution in [0.15, 0.2) is 72.8 Å². The maximum absolute atomic E-state index is 13.4. The summed E-state index contributed by atoms with van der Waals surface area (Å²) in [6.07, 6.45) is 6.64. The molecular weight excluding hydrogens is 604 g/mol. The standard InChI is InChI=1S/C41H50O7/c1-27-23-31(15-19-35(27)42)11-7-5-9-13-39(33-17-21-37(44)29(3)25-33)47-41(46)48-40(34-18-22-38(45)30(4)26-34)14-10-6-8-12-32-16-20-36(43)28(2)24-32/h15-26,39-40,42-45H,5-14H2,1-4H3. The molecule has 0 saturated carbocycles. The predicted molar refractivity (Wildman–Crippen MR) is 189 cm³/mol. The molecule has 48 heavy (non-hydrogen) atoms. The lowest BCUT2D eigenvalue weighted by atomic mass is 9.99. The highest BCUT2D eigenvalue weighted by Crippen LogP contribution is 2.32. The molecule has 4 N–H and O–H groups in total. The molecule has 256 valence electrons. The van der Waals surface area contributed by atoms with E-state index in [4.69, 9.17) is 9.47 Å². The van der Waals surface area contributed by atoms with Gasteiger partial charge in [-0.1, -0.05) is 49.2 Å². The first-order valence-electron chi connectivity index (χ1n) is 17.0. The Labute approximate surface area is 284 Å². The van der Waals surface area contributed by atoms with Crippen molar-refractivity contribution in [2.45, 2.75) is 104 Å². The first-order chi connectivity index (χ1) is 23.0. The molecule has 2 atom stereocenters. The molecule has 0 radical (unpaired) electrons. The van der Waals surface area contributed by atoms with Crippen molar-refractivity contribution < 1.29 is 34.7 Å². The van der Waals surface area contributed by atoms with E-state index in [1.54, 1.807) is 36.4 Å². The quantitative estimate of drug-likeness (QED) is 0.0702. The molecule has 0 aromatic heterocycles. The number of hydrogen-bond donors (Lipinski definition) is 4. The fourth-order valence-electron chi connectivity index (χ4n) is 6.02. The number of aromatic hydroxyl groups is 4. The maximum Gasteiger partial charge on any atom is 0.509 e. The minimum absolute atomic E-state index is 0.188. The van der Waals surface area contributed by atoms with Gasteiger partial charge in [-0.15, -0.1) is 0 Å². The average molecular weight is 655 g/mol. The highest BCUT2D eigenvalue weighted by molar-refractivity contribution is 5.61. The molecule has 7 heteroatoms. The number of phenols is 4. The summed E-state index contributed by atoms with van der Waals surface area (Å²) in [7, 11) is 0. The fourth-order valence-corrected chi connectivity index (χ4v) is 6.02. The van der Waals surface area contributed by atoms with Crippen molar-refractivity contribution in [3.05, 3.63) is 117 Å². The Balaban J connectivity index is 1.37. The number of benzene rings is 4. The van der Waals surface area contributed by atoms with Gasteiger partial charge < -0.3 is 29.9 Å². The molecule has 2 unspecified atom stereocenters. The van der Waals surface area contributed by atoms with Crippen LogP contribution in [0, 0.1) is 27.7 Å². The molecule has 0 aliphatic heterocycles. The molecule has 0 heterocycles. The highest BCUT2D eigenvalue weighted by Gasteiger charge is 2.23. The second-order valence-electron chi connectivity index (χ2n) is 13.0. The van der Waals surface area contributed by atoms with Gasteiger partial charge >= 0.3 is 6.16 Å². The van der Waals surface area contributed by atoms with Crippen LogP contribution in [-0.2, 0) is 22.3 Å². The van der Waals surface area contributed by atoms with Crippen molar-refractivity contribution >= 4 is 6.16 Å². The van der Waals surface area contributed by atoms with Crippen LogP contribution < -0.4 is 0 Å². The summed E-state index contributed by atoms with van der Waals surface area (Å²) in [6, 6.07) is 21.9. The lowest BCUT2D eigenvalue weighted by molar-refractivity contribution is -0.00871. The second-order valence-corrected chi connectivity index (χ2v) is 13.0. The Bertz CT molecular complexity index is 1540. The monoisotopic (exact) mass is 654 g/mol. The number of carbonyl (C=O) groups excluding carboxylic acids is 1. The molecule has 0 fully saturated rings. The Hall–Kier alpha value is -4.65. The van der Waals surface area contributed by atoms with Crippen molar-refractivity contribution in [1.29, 1.82) is 0 Å². The molecule has 0 aliphatic rings. The van der Waals surface area contributed by atoms with E-state index >= 15 is 0 Å². The summed E-state index contributed by atoms with van der Waals surface area (Å²) >= 11 is 0. The normalized spacial score (nSPS) is 12.4. The van der Waals surface area contributed by atoms with Gasteiger partial charge in [-0.3, -0.25) is 0 Å². The summed E-state index contributed by atoms with van der Waals surface area (Å²) in [4.78, 5) is 13.4. The first kappa shape index (κ1) is 36.2. The van der Waals surface area contributed by atoms with E-state index in [0.29, 0.717) is 35.5 Å². The van der Waals surface area contributed by atoms with Crippen molar-refractivity contribution in [3.63, 3.8) is 0 Å². The van der Waals surface area contributed by atoms with Crippen LogP contribution in [-0.4, -0.2) is 26.6 Å². The summed E-state index contributed by atoms with van der Waals surface area (Å²) in [5, 5.41) is 39.9. The number of unbranched alkanes of at least 4 members (excludes halogenated alkanes) is 4. The third-order valence-electron chi connectivity index (χ3n) is 9.05. The van der Waals surface area contributed by atoms with Crippen LogP contribution in [0.1, 0.15) is 108 Å². The zero-order chi connectivity index (χ0) is 34.6. The number of aryl methyl sites for hydroxylation is 6. The van der Waals surface area contributed by atoms with Gasteiger partial charge in [-0.25, -0.2) is 4.79 Å². The lowest BCUT2D eigenvalue weighted by Crippen LogP contribution is -2.17. The summed E-state index contributed by atoms with van der Waals surface area (Å²) in [6.45, 7) is 7.43. The molecule has 0 amide bonds. The van der Waals surface area contributed by atoms with Gasteiger partial charge in [0.2, 0.25) is 0 Å². The Morgan fingerprint density at radius 2 is 0.854 bits per heavy atom. The summed E-state index contributed by atoms with van der Waals surface area (Å²) in [5.41, 5.74) is 7.12. The predicted octanol–water partition coefficient (Wildman–Crippen LogP) is 10.3. The van der Waals surface area contributed by atoms with Gasteiger partial charge in [0.1, 0.15) is 35.2 Å². The number of ether oxygens (including phenoxy) is 2. The van der Waals surface area contributed by atoms with Gasteiger partial charge in [0, 0.05) is 0 Å². The van der Waals surface area contributed by atoms with Gasteiger partial charge in [0.15, 0.2) is 0 Å². The first-order valence-corrected chi connectivity index (χ1v) is 17.0. The number of phenolic OH excluding ortho intramolecular Hbond substituents is 4. The van der Waals surface area contributed by atoms with E-state index < -0.39 is 18.4 Å². The van der Waals surface area contributed by atoms with Gasteiger partial charge in [0.25, 0.3) is 0 Å². The molecule has 0 bridgehead atoms. The third kappa shape index (κ3) is 10.7. The Morgan fingerprint density at radius 1 is 0.500 bits per heavy atom. The minimum atomic E-state index is -0.749. The van der Waals surface area contributed by atoms with Crippen molar-refractivity contribution in [1.82, 2.24) is 0 Å². The van der Waals surface area contributed by atoms with Crippen LogP contribution in [0.4, 0.5) is 4.79 Å². The topological polar surface area (TPSA) is 116 Å². The lowest BCUT2D eigenvalue weighted by Gasteiger charge is -2.23. The Morgan fingerprint density at radius 3 is 1.21 bits per heavy atom. The van der Waals surface area contributed by atoms with Gasteiger partial charge in [0.05, 0.1) is 0 Å². The van der Waals surface area contributed by atoms with E-state index in [9.17, 15) is 25.2 Å². The van der Waals surface area contributed by atoms with Crippen molar-refractivity contribution in [2.24, 2.45) is 0 Å². The zero-order valence-electron chi connectivity index (χ0n) is 28.7. The van der Waals surface area contributed by atoms with E-state index in [0.717, 1.165) is 73.6 Å². The zero-order valence-corrected chi connectivity index (χ0v) is 28.7. The molecule has 4 aromatic rings. The second kappa shape index (κ2) is 17.5. The third-order valence-corrected chi connectivity index (χ3v) is 9.05. The van der Waals surface area contributed by atoms with Crippen LogP contribution in [0.5, 0.6) is 23.0 Å². The summed E-state index contributed by atoms with van der Waals surface area (Å²) < 4.78 is 12.0. The van der Waals surface area contributed by atoms with Crippen LogP contribution in [0.2, 0.25) is 0 Å². The largest absolute Gasteiger partial charge is 0.509 e. The van der Waals surface area contributed by atoms with E-state index in [1.807, 2.05) is 64.1 Å². The van der Waals surface area contributed by atoms with Crippen LogP contribution in [0.3, 0.4) is 0 Å².